The third-order valence-electron chi connectivity index (χ3n) is 4.17. The second-order valence-electron chi connectivity index (χ2n) is 5.70. The molecule has 0 spiro atoms. The molecule has 3 nitrogen and oxygen atoms in total. The number of benzene rings is 1. The quantitative estimate of drug-likeness (QED) is 0.863. The summed E-state index contributed by atoms with van der Waals surface area (Å²) in [5.41, 5.74) is 0.928. The number of hydrogen-bond donors (Lipinski definition) is 2. The second kappa shape index (κ2) is 6.72. The van der Waals surface area contributed by atoms with Crippen LogP contribution in [0.4, 0.5) is 0 Å². The molecule has 0 bridgehead atoms. The maximum absolute atomic E-state index is 12.6. The molecule has 110 valence electrons. The van der Waals surface area contributed by atoms with E-state index in [0.717, 1.165) is 42.4 Å². The van der Waals surface area contributed by atoms with Crippen LogP contribution in [0.3, 0.4) is 0 Å². The van der Waals surface area contributed by atoms with Crippen LogP contribution in [0, 0.1) is 5.41 Å². The van der Waals surface area contributed by atoms with Gasteiger partial charge in [0.2, 0.25) is 5.91 Å². The summed E-state index contributed by atoms with van der Waals surface area (Å²) in [4.78, 5) is 12.6. The maximum Gasteiger partial charge on any atom is 0.228 e. The zero-order valence-corrected chi connectivity index (χ0v) is 13.8. The van der Waals surface area contributed by atoms with Crippen LogP contribution in [-0.4, -0.2) is 19.0 Å². The van der Waals surface area contributed by atoms with Gasteiger partial charge >= 0.3 is 0 Å². The molecule has 4 heteroatoms. The molecule has 1 aliphatic rings. The molecular formula is C16H23BrN2O. The van der Waals surface area contributed by atoms with Crippen LogP contribution >= 0.6 is 15.9 Å². The Balaban J connectivity index is 2.04. The van der Waals surface area contributed by atoms with Crippen LogP contribution in [0.15, 0.2) is 28.7 Å². The van der Waals surface area contributed by atoms with E-state index in [2.05, 4.69) is 45.6 Å². The number of rotatable bonds is 5. The summed E-state index contributed by atoms with van der Waals surface area (Å²) in [6.07, 6.45) is 2.94. The molecule has 2 rings (SSSR count). The normalized spacial score (nSPS) is 23.6. The number of nitrogens with one attached hydrogen (secondary N) is 2. The van der Waals surface area contributed by atoms with Crippen LogP contribution in [-0.2, 0) is 4.79 Å². The predicted octanol–water partition coefficient (Wildman–Crippen LogP) is 3.41. The second-order valence-corrected chi connectivity index (χ2v) is 6.62. The summed E-state index contributed by atoms with van der Waals surface area (Å²) in [6, 6.07) is 8.17. The van der Waals surface area contributed by atoms with Crippen LogP contribution in [0.2, 0.25) is 0 Å². The fourth-order valence-electron chi connectivity index (χ4n) is 2.93. The van der Waals surface area contributed by atoms with E-state index in [1.807, 2.05) is 19.1 Å². The minimum atomic E-state index is -0.210. The highest BCUT2D eigenvalue weighted by Gasteiger charge is 2.40. The van der Waals surface area contributed by atoms with Crippen molar-refractivity contribution < 1.29 is 4.79 Å². The minimum absolute atomic E-state index is 0.0462. The van der Waals surface area contributed by atoms with Gasteiger partial charge in [0, 0.05) is 11.0 Å². The number of amides is 1. The Morgan fingerprint density at radius 3 is 2.70 bits per heavy atom. The molecule has 1 aromatic carbocycles. The van der Waals surface area contributed by atoms with Crippen LogP contribution in [0.1, 0.15) is 44.7 Å². The van der Waals surface area contributed by atoms with E-state index in [9.17, 15) is 4.79 Å². The van der Waals surface area contributed by atoms with Gasteiger partial charge in [-0.2, -0.15) is 0 Å². The van der Waals surface area contributed by atoms with Crippen molar-refractivity contribution in [1.29, 1.82) is 0 Å². The van der Waals surface area contributed by atoms with Gasteiger partial charge in [0.1, 0.15) is 0 Å². The van der Waals surface area contributed by atoms with Gasteiger partial charge in [0.05, 0.1) is 11.5 Å². The lowest BCUT2D eigenvalue weighted by atomic mass is 9.81. The molecule has 1 saturated heterocycles. The first kappa shape index (κ1) is 15.5. The lowest BCUT2D eigenvalue weighted by molar-refractivity contribution is -0.131. The first-order valence-electron chi connectivity index (χ1n) is 7.34. The summed E-state index contributed by atoms with van der Waals surface area (Å²) < 4.78 is 1.06. The van der Waals surface area contributed by atoms with E-state index in [-0.39, 0.29) is 17.4 Å². The van der Waals surface area contributed by atoms with Crippen molar-refractivity contribution in [3.05, 3.63) is 34.3 Å². The van der Waals surface area contributed by atoms with Gasteiger partial charge in [0.25, 0.3) is 0 Å². The first-order chi connectivity index (χ1) is 9.57. The molecule has 2 N–H and O–H groups in total. The van der Waals surface area contributed by atoms with Crippen molar-refractivity contribution in [3.63, 3.8) is 0 Å². The van der Waals surface area contributed by atoms with Crippen molar-refractivity contribution in [3.8, 4) is 0 Å². The Morgan fingerprint density at radius 1 is 1.45 bits per heavy atom. The van der Waals surface area contributed by atoms with Crippen LogP contribution < -0.4 is 10.6 Å². The van der Waals surface area contributed by atoms with Gasteiger partial charge in [-0.25, -0.2) is 0 Å². The lowest BCUT2D eigenvalue weighted by Crippen LogP contribution is -2.43. The fraction of sp³-hybridized carbons (Fsp3) is 0.562. The molecule has 1 aliphatic heterocycles. The van der Waals surface area contributed by atoms with E-state index in [0.29, 0.717) is 0 Å². The SMILES string of the molecule is CCCC1(C(=O)N[C@@H](C)c2ccc(Br)cc2)CCNC1. The van der Waals surface area contributed by atoms with E-state index in [1.54, 1.807) is 0 Å². The summed E-state index contributed by atoms with van der Waals surface area (Å²) in [7, 11) is 0. The molecular weight excluding hydrogens is 316 g/mol. The van der Waals surface area contributed by atoms with Gasteiger partial charge in [-0.15, -0.1) is 0 Å². The molecule has 1 amide bonds. The topological polar surface area (TPSA) is 41.1 Å². The smallest absolute Gasteiger partial charge is 0.228 e. The number of halogens is 1. The van der Waals surface area contributed by atoms with Crippen LogP contribution in [0.25, 0.3) is 0 Å². The molecule has 1 fully saturated rings. The Kier molecular flexibility index (Phi) is 5.22. The van der Waals surface area contributed by atoms with Crippen LogP contribution in [0.5, 0.6) is 0 Å². The van der Waals surface area contributed by atoms with Gasteiger partial charge < -0.3 is 10.6 Å². The van der Waals surface area contributed by atoms with Crippen molar-refractivity contribution >= 4 is 21.8 Å². The average molecular weight is 339 g/mol. The summed E-state index contributed by atoms with van der Waals surface area (Å²) >= 11 is 3.43. The minimum Gasteiger partial charge on any atom is -0.349 e. The summed E-state index contributed by atoms with van der Waals surface area (Å²) in [5, 5.41) is 6.52. The number of carbonyl (C=O) groups excluding carboxylic acids is 1. The fourth-order valence-corrected chi connectivity index (χ4v) is 3.19. The van der Waals surface area contributed by atoms with Crippen molar-refractivity contribution in [2.75, 3.05) is 13.1 Å². The zero-order chi connectivity index (χ0) is 14.6. The third-order valence-corrected chi connectivity index (χ3v) is 4.70. The van der Waals surface area contributed by atoms with E-state index < -0.39 is 0 Å². The highest BCUT2D eigenvalue weighted by atomic mass is 79.9. The zero-order valence-electron chi connectivity index (χ0n) is 12.2. The number of carbonyl (C=O) groups is 1. The van der Waals surface area contributed by atoms with Crippen molar-refractivity contribution in [2.24, 2.45) is 5.41 Å². The van der Waals surface area contributed by atoms with Gasteiger partial charge in [-0.05, 0) is 44.0 Å². The first-order valence-corrected chi connectivity index (χ1v) is 8.14. The molecule has 0 aromatic heterocycles. The Hall–Kier alpha value is -0.870. The maximum atomic E-state index is 12.6. The summed E-state index contributed by atoms with van der Waals surface area (Å²) in [5.74, 6) is 0.194. The van der Waals surface area contributed by atoms with Gasteiger partial charge in [-0.3, -0.25) is 4.79 Å². The lowest BCUT2D eigenvalue weighted by Gasteiger charge is -2.28. The molecule has 0 radical (unpaired) electrons. The molecule has 20 heavy (non-hydrogen) atoms. The third kappa shape index (κ3) is 3.41. The number of hydrogen-bond acceptors (Lipinski definition) is 2. The van der Waals surface area contributed by atoms with Crippen molar-refractivity contribution in [2.45, 2.75) is 39.2 Å². The van der Waals surface area contributed by atoms with Gasteiger partial charge in [-0.1, -0.05) is 41.4 Å². The Bertz CT molecular complexity index is 452. The Labute approximate surface area is 129 Å². The largest absolute Gasteiger partial charge is 0.349 e. The van der Waals surface area contributed by atoms with E-state index in [4.69, 9.17) is 0 Å². The highest BCUT2D eigenvalue weighted by molar-refractivity contribution is 9.10. The average Bonchev–Trinajstić information content (AvgIpc) is 2.89. The molecule has 2 atom stereocenters. The monoisotopic (exact) mass is 338 g/mol. The Morgan fingerprint density at radius 2 is 2.15 bits per heavy atom. The van der Waals surface area contributed by atoms with Gasteiger partial charge in [0.15, 0.2) is 0 Å². The summed E-state index contributed by atoms with van der Waals surface area (Å²) in [6.45, 7) is 5.94. The predicted molar refractivity (Wildman–Crippen MR) is 85.5 cm³/mol. The van der Waals surface area contributed by atoms with E-state index >= 15 is 0 Å². The molecule has 1 heterocycles. The highest BCUT2D eigenvalue weighted by Crippen LogP contribution is 2.32. The molecule has 0 aliphatic carbocycles. The molecule has 0 saturated carbocycles. The molecule has 1 unspecified atom stereocenters. The standard InChI is InChI=1S/C16H23BrN2O/c1-3-8-16(9-10-18-11-16)15(20)19-12(2)13-4-6-14(17)7-5-13/h4-7,12,18H,3,8-11H2,1-2H3,(H,19,20)/t12-,16?/m0/s1. The van der Waals surface area contributed by atoms with Crippen molar-refractivity contribution in [1.82, 2.24) is 10.6 Å². The van der Waals surface area contributed by atoms with E-state index in [1.165, 1.54) is 0 Å². The molecule has 1 aromatic rings.